The van der Waals surface area contributed by atoms with Gasteiger partial charge in [0.05, 0.1) is 17.6 Å². The Balaban J connectivity index is 2.02. The second kappa shape index (κ2) is 7.16. The van der Waals surface area contributed by atoms with Crippen LogP contribution in [0.3, 0.4) is 0 Å². The highest BCUT2D eigenvalue weighted by molar-refractivity contribution is 6.29. The van der Waals surface area contributed by atoms with E-state index in [4.69, 9.17) is 17.1 Å². The third kappa shape index (κ3) is 3.54. The summed E-state index contributed by atoms with van der Waals surface area (Å²) in [7, 11) is 1.40. The maximum absolute atomic E-state index is 14.5. The molecule has 3 rings (SSSR count). The summed E-state index contributed by atoms with van der Waals surface area (Å²) in [6.07, 6.45) is 2.57. The highest BCUT2D eigenvalue weighted by Gasteiger charge is 2.31. The number of halogens is 3. The Morgan fingerprint density at radius 1 is 1.38 bits per heavy atom. The lowest BCUT2D eigenvalue weighted by molar-refractivity contribution is 0.248. The summed E-state index contributed by atoms with van der Waals surface area (Å²) in [5.74, 6) is -1.43. The Hall–Kier alpha value is -2.88. The SMILES string of the molecule is CNC(=O)N(N=N)c1cc(Nc2ncc(F)c(Cl)n2)c(F)cc1C1CC1. The molecule has 1 aromatic heterocycles. The van der Waals surface area contributed by atoms with Crippen LogP contribution in [0.4, 0.5) is 30.9 Å². The van der Waals surface area contributed by atoms with Crippen molar-refractivity contribution in [3.8, 4) is 0 Å². The van der Waals surface area contributed by atoms with E-state index in [1.54, 1.807) is 0 Å². The zero-order valence-corrected chi connectivity index (χ0v) is 14.3. The van der Waals surface area contributed by atoms with Gasteiger partial charge in [0.1, 0.15) is 5.82 Å². The van der Waals surface area contributed by atoms with E-state index in [2.05, 4.69) is 25.8 Å². The molecule has 0 saturated heterocycles. The van der Waals surface area contributed by atoms with Gasteiger partial charge in [-0.15, -0.1) is 0 Å². The largest absolute Gasteiger partial charge is 0.343 e. The van der Waals surface area contributed by atoms with Crippen LogP contribution in [0.5, 0.6) is 0 Å². The van der Waals surface area contributed by atoms with Crippen molar-refractivity contribution in [2.45, 2.75) is 18.8 Å². The van der Waals surface area contributed by atoms with Crippen LogP contribution in [0.2, 0.25) is 5.15 Å². The topological polar surface area (TPSA) is 106 Å². The average molecular weight is 382 g/mol. The maximum atomic E-state index is 14.5. The van der Waals surface area contributed by atoms with Crippen LogP contribution in [-0.2, 0) is 0 Å². The Kier molecular flexibility index (Phi) is 4.94. The van der Waals surface area contributed by atoms with Gasteiger partial charge in [0, 0.05) is 7.05 Å². The summed E-state index contributed by atoms with van der Waals surface area (Å²) in [5, 5.41) is 8.61. The van der Waals surface area contributed by atoms with Gasteiger partial charge in [-0.05, 0) is 36.5 Å². The molecule has 2 aromatic rings. The number of urea groups is 1. The molecule has 1 fully saturated rings. The number of carbonyl (C=O) groups excluding carboxylic acids is 1. The van der Waals surface area contributed by atoms with Gasteiger partial charge in [-0.1, -0.05) is 16.8 Å². The van der Waals surface area contributed by atoms with E-state index in [9.17, 15) is 13.6 Å². The van der Waals surface area contributed by atoms with E-state index >= 15 is 0 Å². The number of hydrogen-bond acceptors (Lipinski definition) is 6. The van der Waals surface area contributed by atoms with Gasteiger partial charge < -0.3 is 10.6 Å². The fourth-order valence-corrected chi connectivity index (χ4v) is 2.55. The van der Waals surface area contributed by atoms with E-state index in [1.165, 1.54) is 19.2 Å². The third-order valence-corrected chi connectivity index (χ3v) is 4.08. The molecule has 1 aliphatic rings. The monoisotopic (exact) mass is 381 g/mol. The van der Waals surface area contributed by atoms with E-state index < -0.39 is 22.8 Å². The summed E-state index contributed by atoms with van der Waals surface area (Å²) in [6.45, 7) is 0. The fourth-order valence-electron chi connectivity index (χ4n) is 2.42. The van der Waals surface area contributed by atoms with Crippen molar-refractivity contribution in [1.29, 1.82) is 5.53 Å². The Bertz CT molecular complexity index is 875. The van der Waals surface area contributed by atoms with Crippen molar-refractivity contribution < 1.29 is 13.6 Å². The van der Waals surface area contributed by atoms with E-state index in [1.807, 2.05) is 0 Å². The fraction of sp³-hybridized carbons (Fsp3) is 0.267. The molecule has 8 nitrogen and oxygen atoms in total. The third-order valence-electron chi connectivity index (χ3n) is 3.82. The minimum atomic E-state index is -0.804. The van der Waals surface area contributed by atoms with Crippen molar-refractivity contribution >= 4 is 35.0 Å². The number of amides is 2. The van der Waals surface area contributed by atoms with Gasteiger partial charge in [-0.2, -0.15) is 15.5 Å². The van der Waals surface area contributed by atoms with Gasteiger partial charge in [0.25, 0.3) is 0 Å². The van der Waals surface area contributed by atoms with E-state index in [-0.39, 0.29) is 23.2 Å². The first kappa shape index (κ1) is 17.9. The predicted molar refractivity (Wildman–Crippen MR) is 90.7 cm³/mol. The number of nitrogens with zero attached hydrogens (tertiary/aromatic N) is 4. The highest BCUT2D eigenvalue weighted by Crippen LogP contribution is 2.46. The number of hydrogen-bond donors (Lipinski definition) is 3. The van der Waals surface area contributed by atoms with Crippen LogP contribution in [0.15, 0.2) is 23.6 Å². The van der Waals surface area contributed by atoms with Crippen LogP contribution in [0, 0.1) is 17.2 Å². The molecule has 1 aliphatic carbocycles. The van der Waals surface area contributed by atoms with Gasteiger partial charge >= 0.3 is 6.03 Å². The van der Waals surface area contributed by atoms with Gasteiger partial charge in [-0.25, -0.2) is 18.6 Å². The van der Waals surface area contributed by atoms with Crippen LogP contribution in [-0.4, -0.2) is 23.0 Å². The van der Waals surface area contributed by atoms with Crippen molar-refractivity contribution in [2.75, 3.05) is 17.4 Å². The molecule has 0 aliphatic heterocycles. The summed E-state index contributed by atoms with van der Waals surface area (Å²) in [6, 6.07) is 1.97. The lowest BCUT2D eigenvalue weighted by Gasteiger charge is -2.20. The molecule has 0 atom stereocenters. The number of benzene rings is 1. The first-order valence-corrected chi connectivity index (χ1v) is 8.00. The highest BCUT2D eigenvalue weighted by atomic mass is 35.5. The van der Waals surface area contributed by atoms with Crippen molar-refractivity contribution in [1.82, 2.24) is 15.3 Å². The Morgan fingerprint density at radius 3 is 2.69 bits per heavy atom. The molecule has 0 bridgehead atoms. The van der Waals surface area contributed by atoms with Crippen molar-refractivity contribution in [3.05, 3.63) is 40.7 Å². The molecule has 1 saturated carbocycles. The summed E-state index contributed by atoms with van der Waals surface area (Å²) < 4.78 is 27.7. The zero-order chi connectivity index (χ0) is 18.8. The zero-order valence-electron chi connectivity index (χ0n) is 13.6. The van der Waals surface area contributed by atoms with Crippen LogP contribution < -0.4 is 15.6 Å². The molecule has 11 heteroatoms. The van der Waals surface area contributed by atoms with Crippen LogP contribution >= 0.6 is 11.6 Å². The van der Waals surface area contributed by atoms with Crippen LogP contribution in [0.25, 0.3) is 0 Å². The summed E-state index contributed by atoms with van der Waals surface area (Å²) >= 11 is 5.60. The molecular formula is C15H14ClF2N7O. The Morgan fingerprint density at radius 2 is 2.12 bits per heavy atom. The molecule has 0 unspecified atom stereocenters. The van der Waals surface area contributed by atoms with Crippen LogP contribution in [0.1, 0.15) is 24.3 Å². The molecule has 2 amide bonds. The normalized spacial score (nSPS) is 13.2. The van der Waals surface area contributed by atoms with Gasteiger partial charge in [0.2, 0.25) is 5.95 Å². The standard InChI is InChI=1S/C15H14ClF2N7O/c1-20-15(26)25(24-19)12-5-11(9(17)4-8(12)7-2-3-7)22-14-21-6-10(18)13(16)23-14/h4-7,19H,2-3H2,1H3,(H,20,26)(H,21,22,23). The lowest BCUT2D eigenvalue weighted by atomic mass is 10.1. The molecular weight excluding hydrogens is 368 g/mol. The van der Waals surface area contributed by atoms with Crippen molar-refractivity contribution in [3.63, 3.8) is 0 Å². The quantitative estimate of drug-likeness (QED) is 0.411. The summed E-state index contributed by atoms with van der Waals surface area (Å²) in [5.41, 5.74) is 8.05. The second-order valence-electron chi connectivity index (χ2n) is 5.59. The molecule has 26 heavy (non-hydrogen) atoms. The predicted octanol–water partition coefficient (Wildman–Crippen LogP) is 4.12. The molecule has 1 aromatic carbocycles. The average Bonchev–Trinajstić information content (AvgIpc) is 3.46. The second-order valence-corrected chi connectivity index (χ2v) is 5.95. The number of carbonyl (C=O) groups is 1. The van der Waals surface area contributed by atoms with Crippen molar-refractivity contribution in [2.24, 2.45) is 5.22 Å². The van der Waals surface area contributed by atoms with Gasteiger partial charge in [0.15, 0.2) is 11.0 Å². The van der Waals surface area contributed by atoms with Gasteiger partial charge in [-0.3, -0.25) is 0 Å². The maximum Gasteiger partial charge on any atom is 0.343 e. The Labute approximate surface area is 152 Å². The molecule has 1 heterocycles. The lowest BCUT2D eigenvalue weighted by Crippen LogP contribution is -2.34. The number of anilines is 3. The molecule has 136 valence electrons. The van der Waals surface area contributed by atoms with E-state index in [0.717, 1.165) is 24.0 Å². The first-order valence-electron chi connectivity index (χ1n) is 7.62. The molecule has 0 radical (unpaired) electrons. The summed E-state index contributed by atoms with van der Waals surface area (Å²) in [4.78, 5) is 19.3. The minimum Gasteiger partial charge on any atom is -0.339 e. The minimum absolute atomic E-state index is 0.0652. The number of nitrogens with one attached hydrogen (secondary N) is 3. The smallest absolute Gasteiger partial charge is 0.339 e. The number of aromatic nitrogens is 2. The first-order chi connectivity index (χ1) is 12.4. The molecule has 0 spiro atoms. The van der Waals surface area contributed by atoms with E-state index in [0.29, 0.717) is 5.56 Å². The molecule has 3 N–H and O–H groups in total. The number of rotatable bonds is 5.